The Hall–Kier alpha value is -4.25. The highest BCUT2D eigenvalue weighted by Gasteiger charge is 2.29. The lowest BCUT2D eigenvalue weighted by Gasteiger charge is -2.31. The SMILES string of the molecule is CN1CCN(C(=O)Oc2ccc(C[C@H](Nc3c(N(C)CCc4ccncc4)c(=O)c3=O)C(=O)O)cc2)CC1. The first kappa shape index (κ1) is 26.8. The molecule has 3 aromatic rings. The molecule has 38 heavy (non-hydrogen) atoms. The van der Waals surface area contributed by atoms with Crippen LogP contribution in [0.25, 0.3) is 0 Å². The average molecular weight is 522 g/mol. The van der Waals surface area contributed by atoms with E-state index in [9.17, 15) is 24.3 Å². The first-order chi connectivity index (χ1) is 18.2. The van der Waals surface area contributed by atoms with Gasteiger partial charge in [-0.2, -0.15) is 0 Å². The van der Waals surface area contributed by atoms with Crippen molar-refractivity contribution in [2.24, 2.45) is 0 Å². The number of aliphatic carboxylic acids is 1. The van der Waals surface area contributed by atoms with Gasteiger partial charge in [0.15, 0.2) is 0 Å². The molecule has 1 atom stereocenters. The fourth-order valence-corrected chi connectivity index (χ4v) is 4.29. The Morgan fingerprint density at radius 3 is 2.32 bits per heavy atom. The average Bonchev–Trinajstić information content (AvgIpc) is 2.92. The van der Waals surface area contributed by atoms with Crippen molar-refractivity contribution in [3.63, 3.8) is 0 Å². The van der Waals surface area contributed by atoms with Crippen LogP contribution in [0.1, 0.15) is 11.1 Å². The molecule has 1 aliphatic heterocycles. The number of hydrogen-bond donors (Lipinski definition) is 2. The van der Waals surface area contributed by atoms with Crippen molar-refractivity contribution in [3.05, 3.63) is 80.4 Å². The zero-order chi connectivity index (χ0) is 27.2. The Labute approximate surface area is 220 Å². The number of anilines is 2. The highest BCUT2D eigenvalue weighted by Crippen LogP contribution is 2.22. The molecule has 1 aliphatic rings. The summed E-state index contributed by atoms with van der Waals surface area (Å²) in [7, 11) is 3.69. The van der Waals surface area contributed by atoms with Gasteiger partial charge in [0.25, 0.3) is 10.9 Å². The normalized spacial score (nSPS) is 14.7. The monoisotopic (exact) mass is 521 g/mol. The van der Waals surface area contributed by atoms with Crippen molar-refractivity contribution in [3.8, 4) is 5.75 Å². The second-order valence-electron chi connectivity index (χ2n) is 9.45. The fourth-order valence-electron chi connectivity index (χ4n) is 4.29. The summed E-state index contributed by atoms with van der Waals surface area (Å²) in [5.41, 5.74) is 0.518. The van der Waals surface area contributed by atoms with Crippen LogP contribution in [0.15, 0.2) is 58.4 Å². The van der Waals surface area contributed by atoms with Crippen molar-refractivity contribution >= 4 is 23.4 Å². The molecule has 0 aliphatic carbocycles. The second-order valence-corrected chi connectivity index (χ2v) is 9.45. The van der Waals surface area contributed by atoms with Crippen LogP contribution >= 0.6 is 0 Å². The highest BCUT2D eigenvalue weighted by atomic mass is 16.6. The number of carbonyl (C=O) groups is 2. The smallest absolute Gasteiger partial charge is 0.415 e. The number of carboxylic acid groups (broad SMARTS) is 1. The topological polar surface area (TPSA) is 132 Å². The van der Waals surface area contributed by atoms with Crippen molar-refractivity contribution < 1.29 is 19.4 Å². The summed E-state index contributed by atoms with van der Waals surface area (Å²) < 4.78 is 5.45. The number of aromatic nitrogens is 1. The van der Waals surface area contributed by atoms with Gasteiger partial charge in [-0.1, -0.05) is 12.1 Å². The van der Waals surface area contributed by atoms with Gasteiger partial charge in [-0.25, -0.2) is 9.59 Å². The molecule has 2 aromatic carbocycles. The predicted octanol–water partition coefficient (Wildman–Crippen LogP) is 1.21. The van der Waals surface area contributed by atoms with Crippen LogP contribution in [0, 0.1) is 0 Å². The van der Waals surface area contributed by atoms with Crippen LogP contribution in [0.2, 0.25) is 0 Å². The van der Waals surface area contributed by atoms with E-state index in [1.54, 1.807) is 53.5 Å². The van der Waals surface area contributed by atoms with E-state index in [4.69, 9.17) is 4.74 Å². The van der Waals surface area contributed by atoms with Gasteiger partial charge in [-0.15, -0.1) is 0 Å². The number of likely N-dealkylation sites (N-methyl/N-ethyl adjacent to an activating group) is 2. The molecule has 11 heteroatoms. The van der Waals surface area contributed by atoms with Crippen molar-refractivity contribution in [1.29, 1.82) is 0 Å². The molecule has 0 radical (unpaired) electrons. The van der Waals surface area contributed by atoms with Crippen LogP contribution in [0.4, 0.5) is 16.2 Å². The molecule has 1 amide bonds. The Morgan fingerprint density at radius 2 is 1.68 bits per heavy atom. The van der Waals surface area contributed by atoms with Gasteiger partial charge < -0.3 is 29.9 Å². The van der Waals surface area contributed by atoms with Crippen molar-refractivity contribution in [2.45, 2.75) is 18.9 Å². The van der Waals surface area contributed by atoms with Gasteiger partial charge in [0.1, 0.15) is 23.2 Å². The lowest BCUT2D eigenvalue weighted by Crippen LogP contribution is -2.48. The summed E-state index contributed by atoms with van der Waals surface area (Å²) in [6.45, 7) is 3.22. The standard InChI is InChI=1S/C27H31N5O6/c1-30-13-15-32(16-14-30)27(37)38-20-5-3-19(4-6-20)17-21(26(35)36)29-22-23(25(34)24(22)33)31(2)12-9-18-7-10-28-11-8-18/h3-8,10-11,21,29H,9,12-17H2,1-2H3,(H,35,36)/t21-/m0/s1. The number of carbonyl (C=O) groups excluding carboxylic acids is 1. The van der Waals surface area contributed by atoms with E-state index in [-0.39, 0.29) is 17.8 Å². The Bertz CT molecular complexity index is 1330. The molecule has 1 aromatic heterocycles. The highest BCUT2D eigenvalue weighted by molar-refractivity contribution is 5.83. The summed E-state index contributed by atoms with van der Waals surface area (Å²) in [5.74, 6) is -0.799. The number of piperazine rings is 1. The van der Waals surface area contributed by atoms with E-state index in [1.165, 1.54) is 0 Å². The summed E-state index contributed by atoms with van der Waals surface area (Å²) in [6, 6.07) is 9.17. The third kappa shape index (κ3) is 6.35. The number of ether oxygens (including phenoxy) is 1. The zero-order valence-corrected chi connectivity index (χ0v) is 21.4. The number of nitrogens with zero attached hydrogens (tertiary/aromatic N) is 4. The number of rotatable bonds is 10. The predicted molar refractivity (Wildman–Crippen MR) is 143 cm³/mol. The molecular formula is C27H31N5O6. The van der Waals surface area contributed by atoms with Crippen molar-refractivity contribution in [1.82, 2.24) is 14.8 Å². The molecule has 1 saturated heterocycles. The van der Waals surface area contributed by atoms with Crippen LogP contribution in [-0.4, -0.2) is 84.8 Å². The number of nitrogens with one attached hydrogen (secondary N) is 1. The second kappa shape index (κ2) is 11.9. The number of benzene rings is 1. The van der Waals surface area contributed by atoms with Gasteiger partial charge in [0.2, 0.25) is 0 Å². The number of pyridine rings is 1. The van der Waals surface area contributed by atoms with Gasteiger partial charge in [-0.05, 0) is 48.9 Å². The van der Waals surface area contributed by atoms with Gasteiger partial charge in [0, 0.05) is 58.6 Å². The number of carboxylic acids is 1. The molecule has 0 bridgehead atoms. The molecule has 2 N–H and O–H groups in total. The Kier molecular flexibility index (Phi) is 8.37. The van der Waals surface area contributed by atoms with E-state index in [1.807, 2.05) is 19.2 Å². The summed E-state index contributed by atoms with van der Waals surface area (Å²) >= 11 is 0. The minimum atomic E-state index is -1.16. The quantitative estimate of drug-likeness (QED) is 0.375. The number of amides is 1. The van der Waals surface area contributed by atoms with Crippen molar-refractivity contribution in [2.75, 3.05) is 57.0 Å². The van der Waals surface area contributed by atoms with Gasteiger partial charge in [0.05, 0.1) is 0 Å². The summed E-state index contributed by atoms with van der Waals surface area (Å²) in [6.07, 6.45) is 3.63. The molecule has 11 nitrogen and oxygen atoms in total. The van der Waals surface area contributed by atoms with Crippen LogP contribution in [-0.2, 0) is 17.6 Å². The molecule has 0 spiro atoms. The zero-order valence-electron chi connectivity index (χ0n) is 21.4. The Morgan fingerprint density at radius 1 is 1.03 bits per heavy atom. The lowest BCUT2D eigenvalue weighted by molar-refractivity contribution is -0.137. The summed E-state index contributed by atoms with van der Waals surface area (Å²) in [5, 5.41) is 12.6. The van der Waals surface area contributed by atoms with E-state index in [0.717, 1.165) is 18.7 Å². The molecule has 0 unspecified atom stereocenters. The maximum absolute atomic E-state index is 12.4. The van der Waals surface area contributed by atoms with E-state index in [0.29, 0.717) is 37.4 Å². The van der Waals surface area contributed by atoms with E-state index < -0.39 is 29.0 Å². The maximum atomic E-state index is 12.4. The number of hydrogen-bond acceptors (Lipinski definition) is 9. The molecule has 1 fully saturated rings. The third-order valence-corrected chi connectivity index (χ3v) is 6.70. The van der Waals surface area contributed by atoms with Gasteiger partial charge >= 0.3 is 12.1 Å². The molecule has 4 rings (SSSR count). The van der Waals surface area contributed by atoms with Crippen LogP contribution < -0.4 is 25.8 Å². The minimum absolute atomic E-state index is 0.0114. The van der Waals surface area contributed by atoms with Crippen LogP contribution in [0.3, 0.4) is 0 Å². The van der Waals surface area contributed by atoms with E-state index in [2.05, 4.69) is 15.2 Å². The first-order valence-electron chi connectivity index (χ1n) is 12.4. The lowest BCUT2D eigenvalue weighted by atomic mass is 10.0. The fraction of sp³-hybridized carbons (Fsp3) is 0.370. The summed E-state index contributed by atoms with van der Waals surface area (Å²) in [4.78, 5) is 58.4. The third-order valence-electron chi connectivity index (χ3n) is 6.70. The molecule has 2 heterocycles. The minimum Gasteiger partial charge on any atom is -0.480 e. The first-order valence-corrected chi connectivity index (χ1v) is 12.4. The van der Waals surface area contributed by atoms with Crippen LogP contribution in [0.5, 0.6) is 5.75 Å². The largest absolute Gasteiger partial charge is 0.480 e. The maximum Gasteiger partial charge on any atom is 0.415 e. The Balaban J connectivity index is 1.37. The molecule has 0 saturated carbocycles. The molecule has 200 valence electrons. The molecular weight excluding hydrogens is 490 g/mol. The van der Waals surface area contributed by atoms with Gasteiger partial charge in [-0.3, -0.25) is 14.6 Å². The van der Waals surface area contributed by atoms with E-state index >= 15 is 0 Å².